The smallest absolute Gasteiger partial charge is 0.301 e. The summed E-state index contributed by atoms with van der Waals surface area (Å²) in [4.78, 5) is 43.0. The van der Waals surface area contributed by atoms with Crippen LogP contribution in [0.4, 0.5) is 15.2 Å². The summed E-state index contributed by atoms with van der Waals surface area (Å²) in [6.45, 7) is 1.91. The molecule has 0 unspecified atom stereocenters. The Hall–Kier alpha value is -4.44. The largest absolute Gasteiger partial charge is 0.507 e. The van der Waals surface area contributed by atoms with E-state index in [4.69, 9.17) is 0 Å². The van der Waals surface area contributed by atoms with Gasteiger partial charge in [0, 0.05) is 17.7 Å². The number of non-ortho nitro benzene ring substituents is 1. The van der Waals surface area contributed by atoms with Gasteiger partial charge in [0.2, 0.25) is 0 Å². The van der Waals surface area contributed by atoms with Crippen LogP contribution < -0.4 is 4.90 Å². The van der Waals surface area contributed by atoms with Gasteiger partial charge in [-0.05, 0) is 54.4 Å². The zero-order chi connectivity index (χ0) is 24.9. The molecule has 0 radical (unpaired) electrons. The number of Topliss-reactive ketones (excluding diaryl/α,β-unsaturated/α-hetero) is 1. The van der Waals surface area contributed by atoms with Crippen LogP contribution >= 0.6 is 11.3 Å². The van der Waals surface area contributed by atoms with E-state index in [2.05, 4.69) is 4.98 Å². The number of hydrogen-bond acceptors (Lipinski definition) is 7. The molecule has 1 N–H and O–H groups in total. The van der Waals surface area contributed by atoms with Gasteiger partial charge < -0.3 is 5.11 Å². The molecule has 0 aliphatic carbocycles. The average molecular weight is 489 g/mol. The molecule has 2 heterocycles. The third-order valence-corrected chi connectivity index (χ3v) is 6.72. The number of carbonyl (C=O) groups excluding carboxylic acids is 2. The molecule has 1 aliphatic rings. The van der Waals surface area contributed by atoms with Crippen LogP contribution in [0.25, 0.3) is 16.0 Å². The van der Waals surface area contributed by atoms with Crippen molar-refractivity contribution in [2.24, 2.45) is 0 Å². The quantitative estimate of drug-likeness (QED) is 0.137. The van der Waals surface area contributed by atoms with Gasteiger partial charge in [0.15, 0.2) is 5.13 Å². The molecule has 1 aliphatic heterocycles. The highest BCUT2D eigenvalue weighted by atomic mass is 32.1. The maximum atomic E-state index is 13.4. The first-order valence-electron chi connectivity index (χ1n) is 10.4. The maximum absolute atomic E-state index is 13.4. The number of aromatic nitrogens is 1. The second-order valence-electron chi connectivity index (χ2n) is 8.00. The number of carbonyl (C=O) groups is 2. The van der Waals surface area contributed by atoms with Gasteiger partial charge in [0.05, 0.1) is 26.8 Å². The molecular weight excluding hydrogens is 473 g/mol. The lowest BCUT2D eigenvalue weighted by Gasteiger charge is -2.22. The van der Waals surface area contributed by atoms with Gasteiger partial charge in [0.1, 0.15) is 11.6 Å². The second-order valence-corrected chi connectivity index (χ2v) is 9.00. The van der Waals surface area contributed by atoms with E-state index in [0.717, 1.165) is 27.3 Å². The summed E-state index contributed by atoms with van der Waals surface area (Å²) in [5, 5.41) is 22.7. The molecule has 1 aromatic heterocycles. The third kappa shape index (κ3) is 3.83. The summed E-state index contributed by atoms with van der Waals surface area (Å²) >= 11 is 1.19. The first-order valence-corrected chi connectivity index (χ1v) is 11.2. The number of benzene rings is 3. The van der Waals surface area contributed by atoms with Crippen LogP contribution in [0.15, 0.2) is 72.3 Å². The molecule has 1 fully saturated rings. The molecule has 4 aromatic rings. The molecule has 1 amide bonds. The fourth-order valence-electron chi connectivity index (χ4n) is 4.04. The Morgan fingerprint density at radius 1 is 1.11 bits per heavy atom. The Morgan fingerprint density at radius 3 is 2.57 bits per heavy atom. The van der Waals surface area contributed by atoms with E-state index >= 15 is 0 Å². The highest BCUT2D eigenvalue weighted by Gasteiger charge is 2.48. The number of aryl methyl sites for hydroxylation is 1. The number of thiazole rings is 1. The second kappa shape index (κ2) is 8.41. The summed E-state index contributed by atoms with van der Waals surface area (Å²) in [6, 6.07) is 14.7. The van der Waals surface area contributed by atoms with Crippen LogP contribution in [0.3, 0.4) is 0 Å². The van der Waals surface area contributed by atoms with E-state index in [1.54, 1.807) is 6.07 Å². The summed E-state index contributed by atoms with van der Waals surface area (Å²) in [6.07, 6.45) is 0. The molecule has 10 heteroatoms. The number of nitrogens with zero attached hydrogens (tertiary/aromatic N) is 3. The standard InChI is InChI=1S/C25H16FN3O5S/c1-13-5-10-18-19(11-13)35-25(27-18)28-21(15-3-2-4-17(12-15)29(33)34)20(23(31)24(28)32)22(30)14-6-8-16(26)9-7-14/h2-12,21,30H,1H3/b22-20+/t21-/m1/s1. The molecular formula is C25H16FN3O5S. The van der Waals surface area contributed by atoms with Crippen molar-refractivity contribution < 1.29 is 24.0 Å². The highest BCUT2D eigenvalue weighted by Crippen LogP contribution is 2.44. The molecule has 35 heavy (non-hydrogen) atoms. The fourth-order valence-corrected chi connectivity index (χ4v) is 5.13. The normalized spacial score (nSPS) is 17.3. The minimum absolute atomic E-state index is 0.125. The average Bonchev–Trinajstić information content (AvgIpc) is 3.37. The maximum Gasteiger partial charge on any atom is 0.301 e. The number of amides is 1. The predicted octanol–water partition coefficient (Wildman–Crippen LogP) is 5.28. The highest BCUT2D eigenvalue weighted by molar-refractivity contribution is 7.22. The number of anilines is 1. The van der Waals surface area contributed by atoms with Crippen LogP contribution in [-0.2, 0) is 9.59 Å². The van der Waals surface area contributed by atoms with Crippen molar-refractivity contribution in [1.82, 2.24) is 4.98 Å². The summed E-state index contributed by atoms with van der Waals surface area (Å²) < 4.78 is 14.2. The number of aliphatic hydroxyl groups excluding tert-OH is 1. The molecule has 5 rings (SSSR count). The van der Waals surface area contributed by atoms with Gasteiger partial charge in [0.25, 0.3) is 11.5 Å². The van der Waals surface area contributed by atoms with Crippen LogP contribution in [0, 0.1) is 22.9 Å². The van der Waals surface area contributed by atoms with E-state index in [-0.39, 0.29) is 27.5 Å². The number of rotatable bonds is 4. The Bertz CT molecular complexity index is 1560. The molecule has 0 bridgehead atoms. The van der Waals surface area contributed by atoms with Crippen LogP contribution in [-0.4, -0.2) is 26.7 Å². The number of nitro groups is 1. The Labute approximate surface area is 201 Å². The summed E-state index contributed by atoms with van der Waals surface area (Å²) in [5.74, 6) is -2.96. The minimum atomic E-state index is -1.18. The van der Waals surface area contributed by atoms with Crippen LogP contribution in [0.5, 0.6) is 0 Å². The van der Waals surface area contributed by atoms with E-state index in [0.29, 0.717) is 5.52 Å². The predicted molar refractivity (Wildman–Crippen MR) is 129 cm³/mol. The first-order chi connectivity index (χ1) is 16.7. The molecule has 1 atom stereocenters. The van der Waals surface area contributed by atoms with Crippen LogP contribution in [0.1, 0.15) is 22.7 Å². The zero-order valence-corrected chi connectivity index (χ0v) is 19.0. The number of fused-ring (bicyclic) bond motifs is 1. The third-order valence-electron chi connectivity index (χ3n) is 5.70. The van der Waals surface area contributed by atoms with Gasteiger partial charge in [-0.1, -0.05) is 29.5 Å². The molecule has 1 saturated heterocycles. The molecule has 0 saturated carbocycles. The van der Waals surface area contributed by atoms with Gasteiger partial charge in [-0.3, -0.25) is 24.6 Å². The zero-order valence-electron chi connectivity index (χ0n) is 18.1. The van der Waals surface area contributed by atoms with Crippen molar-refractivity contribution in [3.05, 3.63) is 105 Å². The van der Waals surface area contributed by atoms with Crippen LogP contribution in [0.2, 0.25) is 0 Å². The van der Waals surface area contributed by atoms with Gasteiger partial charge in [-0.2, -0.15) is 0 Å². The minimum Gasteiger partial charge on any atom is -0.507 e. The van der Waals surface area contributed by atoms with Gasteiger partial charge in [-0.15, -0.1) is 0 Å². The Morgan fingerprint density at radius 2 is 1.86 bits per heavy atom. The van der Waals surface area contributed by atoms with E-state index in [9.17, 15) is 29.2 Å². The van der Waals surface area contributed by atoms with Crippen molar-refractivity contribution in [2.75, 3.05) is 4.90 Å². The Balaban J connectivity index is 1.75. The molecule has 3 aromatic carbocycles. The fraction of sp³-hybridized carbons (Fsp3) is 0.0800. The first kappa shape index (κ1) is 22.4. The van der Waals surface area contributed by atoms with Gasteiger partial charge in [-0.25, -0.2) is 9.37 Å². The Kier molecular flexibility index (Phi) is 5.37. The van der Waals surface area contributed by atoms with E-state index in [1.165, 1.54) is 47.7 Å². The number of ketones is 1. The summed E-state index contributed by atoms with van der Waals surface area (Å²) in [5.41, 5.74) is 1.47. The number of nitro benzene ring substituents is 1. The molecule has 8 nitrogen and oxygen atoms in total. The van der Waals surface area contributed by atoms with Gasteiger partial charge >= 0.3 is 5.91 Å². The van der Waals surface area contributed by atoms with E-state index in [1.807, 2.05) is 19.1 Å². The SMILES string of the molecule is Cc1ccc2nc(N3C(=O)C(=O)/C(=C(/O)c4ccc(F)cc4)[C@H]3c3cccc([N+](=O)[O-])c3)sc2c1. The van der Waals surface area contributed by atoms with Crippen molar-refractivity contribution in [2.45, 2.75) is 13.0 Å². The number of halogens is 1. The van der Waals surface area contributed by atoms with Crippen molar-refractivity contribution in [3.8, 4) is 0 Å². The lowest BCUT2D eigenvalue weighted by Crippen LogP contribution is -2.29. The molecule has 0 spiro atoms. The summed E-state index contributed by atoms with van der Waals surface area (Å²) in [7, 11) is 0. The van der Waals surface area contributed by atoms with Crippen molar-refractivity contribution >= 4 is 49.8 Å². The monoisotopic (exact) mass is 489 g/mol. The number of aliphatic hydroxyl groups is 1. The van der Waals surface area contributed by atoms with E-state index < -0.39 is 34.2 Å². The lowest BCUT2D eigenvalue weighted by molar-refractivity contribution is -0.384. The number of hydrogen-bond donors (Lipinski definition) is 1. The lowest BCUT2D eigenvalue weighted by atomic mass is 9.95. The van der Waals surface area contributed by atoms with Crippen molar-refractivity contribution in [1.29, 1.82) is 0 Å². The molecule has 174 valence electrons. The topological polar surface area (TPSA) is 114 Å². The van der Waals surface area contributed by atoms with Crippen molar-refractivity contribution in [3.63, 3.8) is 0 Å².